The zero-order valence-corrected chi connectivity index (χ0v) is 11.6. The molecule has 11 heteroatoms. The van der Waals surface area contributed by atoms with E-state index in [1.54, 1.807) is 0 Å². The van der Waals surface area contributed by atoms with Crippen molar-refractivity contribution < 1.29 is 36.2 Å². The summed E-state index contributed by atoms with van der Waals surface area (Å²) < 4.78 is 76.8. The van der Waals surface area contributed by atoms with Gasteiger partial charge in [-0.25, -0.2) is 5.01 Å². The largest absolute Gasteiger partial charge is 0.442 e. The van der Waals surface area contributed by atoms with Crippen LogP contribution in [0.3, 0.4) is 0 Å². The highest BCUT2D eigenvalue weighted by Crippen LogP contribution is 2.41. The Hall–Kier alpha value is -1.94. The summed E-state index contributed by atoms with van der Waals surface area (Å²) in [5.74, 6) is -1.52. The van der Waals surface area contributed by atoms with Crippen LogP contribution in [-0.4, -0.2) is 34.1 Å². The minimum Gasteiger partial charge on any atom is -0.359 e. The number of nitrogens with zero attached hydrogens (tertiary/aromatic N) is 1. The molecule has 1 aromatic rings. The number of nitrogens with one attached hydrogen (secondary N) is 1. The van der Waals surface area contributed by atoms with E-state index >= 15 is 0 Å². The SMILES string of the molecule is O=C(c1ccc(Cl)cc1)N1NC(C(F)(F)F)=C[C@@]1(O)C(F)(F)F. The third kappa shape index (κ3) is 3.08. The second-order valence-electron chi connectivity index (χ2n) is 4.54. The van der Waals surface area contributed by atoms with Gasteiger partial charge in [0.15, 0.2) is 0 Å². The van der Waals surface area contributed by atoms with E-state index in [2.05, 4.69) is 0 Å². The minimum absolute atomic E-state index is 0.163. The molecule has 0 aliphatic carbocycles. The van der Waals surface area contributed by atoms with Gasteiger partial charge in [0.05, 0.1) is 0 Å². The molecule has 0 radical (unpaired) electrons. The highest BCUT2D eigenvalue weighted by Gasteiger charge is 2.64. The number of benzene rings is 1. The number of allylic oxidation sites excluding steroid dienone is 1. The molecule has 23 heavy (non-hydrogen) atoms. The fraction of sp³-hybridized carbons (Fsp3) is 0.250. The maximum absolute atomic E-state index is 13.0. The predicted octanol–water partition coefficient (Wildman–Crippen LogP) is 3.00. The fourth-order valence-electron chi connectivity index (χ4n) is 1.78. The molecule has 1 aliphatic rings. The van der Waals surface area contributed by atoms with Crippen molar-refractivity contribution in [1.82, 2.24) is 10.4 Å². The molecule has 1 aliphatic heterocycles. The number of aliphatic hydroxyl groups is 1. The molecule has 4 nitrogen and oxygen atoms in total. The van der Waals surface area contributed by atoms with Gasteiger partial charge in [-0.3, -0.25) is 10.2 Å². The number of amides is 1. The van der Waals surface area contributed by atoms with Crippen molar-refractivity contribution in [3.05, 3.63) is 46.6 Å². The molecule has 0 fully saturated rings. The number of alkyl halides is 6. The highest BCUT2D eigenvalue weighted by atomic mass is 35.5. The molecular formula is C12H7ClF6N2O2. The van der Waals surface area contributed by atoms with Crippen LogP contribution < -0.4 is 5.43 Å². The molecule has 1 heterocycles. The Morgan fingerprint density at radius 1 is 1.13 bits per heavy atom. The van der Waals surface area contributed by atoms with Gasteiger partial charge in [0.2, 0.25) is 0 Å². The number of halogens is 7. The Morgan fingerprint density at radius 2 is 1.65 bits per heavy atom. The van der Waals surface area contributed by atoms with Crippen molar-refractivity contribution >= 4 is 17.5 Å². The van der Waals surface area contributed by atoms with Gasteiger partial charge in [-0.1, -0.05) is 11.6 Å². The maximum atomic E-state index is 13.0. The van der Waals surface area contributed by atoms with Gasteiger partial charge in [0.25, 0.3) is 11.6 Å². The third-order valence-corrected chi connectivity index (χ3v) is 3.19. The average molecular weight is 361 g/mol. The van der Waals surface area contributed by atoms with E-state index in [0.29, 0.717) is 0 Å². The van der Waals surface area contributed by atoms with E-state index in [9.17, 15) is 36.2 Å². The molecule has 126 valence electrons. The Bertz CT molecular complexity index is 655. The summed E-state index contributed by atoms with van der Waals surface area (Å²) in [6.07, 6.45) is -11.3. The molecule has 0 saturated carbocycles. The van der Waals surface area contributed by atoms with Crippen molar-refractivity contribution in [2.45, 2.75) is 18.1 Å². The van der Waals surface area contributed by atoms with E-state index in [4.69, 9.17) is 11.6 Å². The maximum Gasteiger partial charge on any atom is 0.442 e. The standard InChI is InChI=1S/C12H7ClF6N2O2/c13-7-3-1-6(2-4-7)9(22)21-10(23,12(17,18)19)5-8(20-21)11(14,15)16/h1-5,20,23H/t10-/m1/s1. The first-order valence-corrected chi connectivity index (χ1v) is 6.20. The first kappa shape index (κ1) is 17.4. The third-order valence-electron chi connectivity index (χ3n) is 2.94. The Kier molecular flexibility index (Phi) is 4.02. The van der Waals surface area contributed by atoms with Crippen LogP contribution in [-0.2, 0) is 0 Å². The summed E-state index contributed by atoms with van der Waals surface area (Å²) in [5.41, 5.74) is -5.19. The molecular weight excluding hydrogens is 354 g/mol. The summed E-state index contributed by atoms with van der Waals surface area (Å²) in [4.78, 5) is 12.1. The summed E-state index contributed by atoms with van der Waals surface area (Å²) in [7, 11) is 0. The summed E-state index contributed by atoms with van der Waals surface area (Å²) in [6, 6.07) is 4.34. The molecule has 1 amide bonds. The van der Waals surface area contributed by atoms with Gasteiger partial charge in [0.1, 0.15) is 5.70 Å². The molecule has 0 aromatic heterocycles. The van der Waals surface area contributed by atoms with Gasteiger partial charge < -0.3 is 5.11 Å². The van der Waals surface area contributed by atoms with Gasteiger partial charge in [-0.2, -0.15) is 26.3 Å². The van der Waals surface area contributed by atoms with Gasteiger partial charge in [-0.15, -0.1) is 0 Å². The topological polar surface area (TPSA) is 52.6 Å². The molecule has 0 unspecified atom stereocenters. The van der Waals surface area contributed by atoms with Gasteiger partial charge in [-0.05, 0) is 24.3 Å². The lowest BCUT2D eigenvalue weighted by molar-refractivity contribution is -0.283. The van der Waals surface area contributed by atoms with Crippen LogP contribution in [0.25, 0.3) is 0 Å². The number of hydrogen-bond donors (Lipinski definition) is 2. The van der Waals surface area contributed by atoms with Crippen LogP contribution in [0.4, 0.5) is 26.3 Å². The lowest BCUT2D eigenvalue weighted by atomic mass is 10.1. The van der Waals surface area contributed by atoms with E-state index in [0.717, 1.165) is 24.3 Å². The van der Waals surface area contributed by atoms with E-state index in [-0.39, 0.29) is 5.02 Å². The van der Waals surface area contributed by atoms with Gasteiger partial charge >= 0.3 is 12.4 Å². The van der Waals surface area contributed by atoms with Crippen molar-refractivity contribution in [3.8, 4) is 0 Å². The van der Waals surface area contributed by atoms with Crippen molar-refractivity contribution in [2.75, 3.05) is 0 Å². The number of hydrazine groups is 1. The normalized spacial score (nSPS) is 21.9. The second-order valence-corrected chi connectivity index (χ2v) is 4.98. The zero-order valence-electron chi connectivity index (χ0n) is 10.8. The smallest absolute Gasteiger partial charge is 0.359 e. The quantitative estimate of drug-likeness (QED) is 0.757. The molecule has 0 bridgehead atoms. The molecule has 1 atom stereocenters. The lowest BCUT2D eigenvalue weighted by Gasteiger charge is -2.33. The monoisotopic (exact) mass is 360 g/mol. The zero-order chi connectivity index (χ0) is 17.6. The molecule has 2 N–H and O–H groups in total. The van der Waals surface area contributed by atoms with E-state index in [1.165, 1.54) is 5.43 Å². The summed E-state index contributed by atoms with van der Waals surface area (Å²) >= 11 is 5.56. The predicted molar refractivity (Wildman–Crippen MR) is 65.9 cm³/mol. The van der Waals surface area contributed by atoms with Crippen molar-refractivity contribution in [1.29, 1.82) is 0 Å². The van der Waals surface area contributed by atoms with Crippen LogP contribution >= 0.6 is 11.6 Å². The van der Waals surface area contributed by atoms with Crippen molar-refractivity contribution in [2.24, 2.45) is 0 Å². The number of carbonyl (C=O) groups excluding carboxylic acids is 1. The van der Waals surface area contributed by atoms with Crippen LogP contribution in [0, 0.1) is 0 Å². The number of carbonyl (C=O) groups is 1. The first-order valence-electron chi connectivity index (χ1n) is 5.82. The van der Waals surface area contributed by atoms with Crippen LogP contribution in [0.15, 0.2) is 36.0 Å². The summed E-state index contributed by atoms with van der Waals surface area (Å²) in [6.45, 7) is 0. The van der Waals surface area contributed by atoms with E-state index in [1.807, 2.05) is 0 Å². The minimum atomic E-state index is -5.56. The van der Waals surface area contributed by atoms with Crippen LogP contribution in [0.5, 0.6) is 0 Å². The summed E-state index contributed by atoms with van der Waals surface area (Å²) in [5, 5.41) is 9.26. The average Bonchev–Trinajstić information content (AvgIpc) is 2.78. The molecule has 2 rings (SSSR count). The first-order chi connectivity index (χ1) is 10.4. The number of rotatable bonds is 1. The Morgan fingerprint density at radius 3 is 2.09 bits per heavy atom. The second kappa shape index (κ2) is 5.31. The Balaban J connectivity index is 2.45. The fourth-order valence-corrected chi connectivity index (χ4v) is 1.91. The molecule has 1 aromatic carbocycles. The molecule has 0 saturated heterocycles. The van der Waals surface area contributed by atoms with E-state index < -0.39 is 46.3 Å². The molecule has 0 spiro atoms. The van der Waals surface area contributed by atoms with Crippen LogP contribution in [0.2, 0.25) is 5.02 Å². The highest BCUT2D eigenvalue weighted by molar-refractivity contribution is 6.30. The Labute approximate surface area is 129 Å². The van der Waals surface area contributed by atoms with Gasteiger partial charge in [0, 0.05) is 16.7 Å². The van der Waals surface area contributed by atoms with Crippen molar-refractivity contribution in [3.63, 3.8) is 0 Å². The lowest BCUT2D eigenvalue weighted by Crippen LogP contribution is -2.60. The van der Waals surface area contributed by atoms with Crippen LogP contribution in [0.1, 0.15) is 10.4 Å². The number of hydrogen-bond acceptors (Lipinski definition) is 3.